The molecule has 0 spiro atoms. The number of nitrogens with one attached hydrogen (secondary N) is 1. The van der Waals surface area contributed by atoms with Crippen LogP contribution in [0, 0.1) is 5.92 Å². The van der Waals surface area contributed by atoms with E-state index in [0.29, 0.717) is 42.5 Å². The van der Waals surface area contributed by atoms with Crippen LogP contribution < -0.4 is 5.32 Å². The van der Waals surface area contributed by atoms with E-state index in [4.69, 9.17) is 5.11 Å². The third kappa shape index (κ3) is 5.79. The zero-order valence-corrected chi connectivity index (χ0v) is 17.7. The van der Waals surface area contributed by atoms with Crippen molar-refractivity contribution >= 4 is 17.7 Å². The molecule has 2 aromatic rings. The minimum atomic E-state index is -0.915. The van der Waals surface area contributed by atoms with Crippen molar-refractivity contribution in [3.8, 4) is 0 Å². The fourth-order valence-electron chi connectivity index (χ4n) is 3.54. The van der Waals surface area contributed by atoms with E-state index >= 15 is 0 Å². The van der Waals surface area contributed by atoms with Gasteiger partial charge in [0.05, 0.1) is 11.1 Å². The van der Waals surface area contributed by atoms with E-state index in [9.17, 15) is 9.59 Å². The third-order valence-corrected chi connectivity index (χ3v) is 5.29. The number of pyridine rings is 1. The Bertz CT molecular complexity index is 876. The number of amides is 1. The normalized spacial score (nSPS) is 14.7. The first-order valence-corrected chi connectivity index (χ1v) is 10.5. The van der Waals surface area contributed by atoms with Crippen LogP contribution >= 0.6 is 0 Å². The minimum absolute atomic E-state index is 0.00247. The number of aromatic carboxylic acids is 1. The molecule has 30 heavy (non-hydrogen) atoms. The standard InChI is InChI=1S/C23H30N4O3/c1-17(2)8-10-25-21-20(7-4-9-24-21)22(28)27-13-11-26(12-14-27)16-18-5-3-6-19(15-18)23(29)30/h3-7,9,15,17H,8,10-14,16H2,1-2H3,(H,24,25)(H,29,30). The summed E-state index contributed by atoms with van der Waals surface area (Å²) in [7, 11) is 0. The molecule has 0 bridgehead atoms. The van der Waals surface area contributed by atoms with Crippen LogP contribution in [0.1, 0.15) is 46.5 Å². The number of hydrogen-bond acceptors (Lipinski definition) is 5. The Hall–Kier alpha value is -2.93. The molecular weight excluding hydrogens is 380 g/mol. The molecule has 0 saturated carbocycles. The van der Waals surface area contributed by atoms with Gasteiger partial charge in [0, 0.05) is 45.5 Å². The Balaban J connectivity index is 1.57. The number of nitrogens with zero attached hydrogens (tertiary/aromatic N) is 3. The van der Waals surface area contributed by atoms with Crippen molar-refractivity contribution < 1.29 is 14.7 Å². The molecule has 160 valence electrons. The zero-order valence-electron chi connectivity index (χ0n) is 17.7. The van der Waals surface area contributed by atoms with Gasteiger partial charge in [0.15, 0.2) is 0 Å². The molecule has 1 aliphatic heterocycles. The number of rotatable bonds is 8. The number of benzene rings is 1. The first-order valence-electron chi connectivity index (χ1n) is 10.5. The Kier molecular flexibility index (Phi) is 7.41. The summed E-state index contributed by atoms with van der Waals surface area (Å²) in [5, 5.41) is 12.5. The highest BCUT2D eigenvalue weighted by atomic mass is 16.4. The van der Waals surface area contributed by atoms with E-state index in [-0.39, 0.29) is 5.91 Å². The van der Waals surface area contributed by atoms with E-state index in [1.165, 1.54) is 0 Å². The summed E-state index contributed by atoms with van der Waals surface area (Å²) < 4.78 is 0. The van der Waals surface area contributed by atoms with Crippen LogP contribution in [-0.4, -0.2) is 64.5 Å². The SMILES string of the molecule is CC(C)CCNc1ncccc1C(=O)N1CCN(Cc2cccc(C(=O)O)c2)CC1. The number of piperazine rings is 1. The molecule has 0 radical (unpaired) electrons. The molecule has 1 fully saturated rings. The Labute approximate surface area is 177 Å². The molecule has 7 heteroatoms. The first-order chi connectivity index (χ1) is 14.4. The summed E-state index contributed by atoms with van der Waals surface area (Å²) in [4.78, 5) is 32.7. The monoisotopic (exact) mass is 410 g/mol. The molecule has 2 heterocycles. The van der Waals surface area contributed by atoms with Crippen molar-refractivity contribution in [1.29, 1.82) is 0 Å². The molecule has 0 atom stereocenters. The van der Waals surface area contributed by atoms with Crippen molar-refractivity contribution in [1.82, 2.24) is 14.8 Å². The maximum absolute atomic E-state index is 13.1. The third-order valence-electron chi connectivity index (χ3n) is 5.29. The van der Waals surface area contributed by atoms with Gasteiger partial charge in [-0.2, -0.15) is 0 Å². The topological polar surface area (TPSA) is 85.8 Å². The van der Waals surface area contributed by atoms with Gasteiger partial charge in [-0.3, -0.25) is 9.69 Å². The van der Waals surface area contributed by atoms with Gasteiger partial charge >= 0.3 is 5.97 Å². The highest BCUT2D eigenvalue weighted by Crippen LogP contribution is 2.17. The van der Waals surface area contributed by atoms with Gasteiger partial charge in [0.2, 0.25) is 0 Å². The molecule has 1 aliphatic rings. The van der Waals surface area contributed by atoms with E-state index in [0.717, 1.165) is 31.6 Å². The molecule has 7 nitrogen and oxygen atoms in total. The molecule has 0 unspecified atom stereocenters. The summed E-state index contributed by atoms with van der Waals surface area (Å²) in [6, 6.07) is 10.7. The highest BCUT2D eigenvalue weighted by Gasteiger charge is 2.24. The maximum Gasteiger partial charge on any atom is 0.335 e. The number of carbonyl (C=O) groups is 2. The minimum Gasteiger partial charge on any atom is -0.478 e. The summed E-state index contributed by atoms with van der Waals surface area (Å²) in [6.07, 6.45) is 2.73. The van der Waals surface area contributed by atoms with Crippen molar-refractivity contribution in [2.75, 3.05) is 38.0 Å². The van der Waals surface area contributed by atoms with Gasteiger partial charge < -0.3 is 15.3 Å². The average molecular weight is 411 g/mol. The number of carbonyl (C=O) groups excluding carboxylic acids is 1. The summed E-state index contributed by atoms with van der Waals surface area (Å²) in [5.41, 5.74) is 1.89. The highest BCUT2D eigenvalue weighted by molar-refractivity contribution is 5.98. The van der Waals surface area contributed by atoms with Crippen molar-refractivity contribution in [3.05, 3.63) is 59.3 Å². The van der Waals surface area contributed by atoms with E-state index in [2.05, 4.69) is 29.0 Å². The van der Waals surface area contributed by atoms with Gasteiger partial charge in [-0.15, -0.1) is 0 Å². The fourth-order valence-corrected chi connectivity index (χ4v) is 3.54. The van der Waals surface area contributed by atoms with Gasteiger partial charge in [-0.05, 0) is 42.2 Å². The molecular formula is C23H30N4O3. The van der Waals surface area contributed by atoms with E-state index < -0.39 is 5.97 Å². The summed E-state index contributed by atoms with van der Waals surface area (Å²) in [5.74, 6) is 0.324. The van der Waals surface area contributed by atoms with Crippen LogP contribution in [0.3, 0.4) is 0 Å². The van der Waals surface area contributed by atoms with Crippen molar-refractivity contribution in [2.45, 2.75) is 26.8 Å². The Morgan fingerprint density at radius 1 is 1.13 bits per heavy atom. The lowest BCUT2D eigenvalue weighted by Gasteiger charge is -2.35. The number of carboxylic acid groups (broad SMARTS) is 1. The van der Waals surface area contributed by atoms with E-state index in [1.54, 1.807) is 30.5 Å². The van der Waals surface area contributed by atoms with Crippen LogP contribution in [0.2, 0.25) is 0 Å². The number of hydrogen-bond donors (Lipinski definition) is 2. The summed E-state index contributed by atoms with van der Waals surface area (Å²) in [6.45, 7) is 8.58. The molecule has 0 aliphatic carbocycles. The lowest BCUT2D eigenvalue weighted by atomic mass is 10.1. The van der Waals surface area contributed by atoms with E-state index in [1.807, 2.05) is 17.0 Å². The second-order valence-electron chi connectivity index (χ2n) is 8.08. The van der Waals surface area contributed by atoms with Gasteiger partial charge in [-0.1, -0.05) is 26.0 Å². The molecule has 3 rings (SSSR count). The second-order valence-corrected chi connectivity index (χ2v) is 8.08. The maximum atomic E-state index is 13.1. The van der Waals surface area contributed by atoms with Crippen LogP contribution in [-0.2, 0) is 6.54 Å². The van der Waals surface area contributed by atoms with Gasteiger partial charge in [-0.25, -0.2) is 9.78 Å². The quantitative estimate of drug-likeness (QED) is 0.695. The van der Waals surface area contributed by atoms with Crippen LogP contribution in [0.5, 0.6) is 0 Å². The van der Waals surface area contributed by atoms with Gasteiger partial charge in [0.1, 0.15) is 5.82 Å². The lowest BCUT2D eigenvalue weighted by Crippen LogP contribution is -2.48. The molecule has 1 saturated heterocycles. The van der Waals surface area contributed by atoms with Gasteiger partial charge in [0.25, 0.3) is 5.91 Å². The largest absolute Gasteiger partial charge is 0.478 e. The average Bonchev–Trinajstić information content (AvgIpc) is 2.74. The predicted molar refractivity (Wildman–Crippen MR) is 117 cm³/mol. The molecule has 1 amide bonds. The summed E-state index contributed by atoms with van der Waals surface area (Å²) >= 11 is 0. The zero-order chi connectivity index (χ0) is 21.5. The Morgan fingerprint density at radius 2 is 1.90 bits per heavy atom. The van der Waals surface area contributed by atoms with Crippen LogP contribution in [0.15, 0.2) is 42.6 Å². The van der Waals surface area contributed by atoms with Crippen LogP contribution in [0.25, 0.3) is 0 Å². The van der Waals surface area contributed by atoms with Crippen LogP contribution in [0.4, 0.5) is 5.82 Å². The Morgan fingerprint density at radius 3 is 2.60 bits per heavy atom. The molecule has 2 N–H and O–H groups in total. The predicted octanol–water partition coefficient (Wildman–Crippen LogP) is 3.20. The fraction of sp³-hybridized carbons (Fsp3) is 0.435. The lowest BCUT2D eigenvalue weighted by molar-refractivity contribution is 0.0626. The second kappa shape index (κ2) is 10.2. The molecule has 1 aromatic heterocycles. The van der Waals surface area contributed by atoms with Crippen molar-refractivity contribution in [3.63, 3.8) is 0 Å². The number of aromatic nitrogens is 1. The molecule has 1 aromatic carbocycles. The smallest absolute Gasteiger partial charge is 0.335 e. The van der Waals surface area contributed by atoms with Crippen molar-refractivity contribution in [2.24, 2.45) is 5.92 Å². The first kappa shape index (κ1) is 21.8. The number of anilines is 1. The number of carboxylic acids is 1.